The van der Waals surface area contributed by atoms with Crippen molar-refractivity contribution in [3.63, 3.8) is 0 Å². The molecule has 2 amide bonds. The van der Waals surface area contributed by atoms with E-state index in [2.05, 4.69) is 15.8 Å². The first-order valence-electron chi connectivity index (χ1n) is 13.0. The fraction of sp³-hybridized carbons (Fsp3) is 0.276. The number of hydrogen-bond donors (Lipinski definition) is 2. The molecule has 41 heavy (non-hydrogen) atoms. The molecule has 0 spiro atoms. The lowest BCUT2D eigenvalue weighted by molar-refractivity contribution is -0.123. The Bertz CT molecular complexity index is 1460. The fourth-order valence-electron chi connectivity index (χ4n) is 3.99. The van der Waals surface area contributed by atoms with Gasteiger partial charge >= 0.3 is 0 Å². The number of nitrogens with one attached hydrogen (secondary N) is 2. The zero-order valence-corrected chi connectivity index (χ0v) is 23.3. The van der Waals surface area contributed by atoms with Crippen LogP contribution in [0.4, 0.5) is 10.1 Å². The summed E-state index contributed by atoms with van der Waals surface area (Å²) in [6.07, 6.45) is 3.38. The predicted octanol–water partition coefficient (Wildman–Crippen LogP) is 3.15. The summed E-state index contributed by atoms with van der Waals surface area (Å²) < 4.78 is 51.9. The van der Waals surface area contributed by atoms with E-state index in [1.807, 2.05) is 6.92 Å². The summed E-state index contributed by atoms with van der Waals surface area (Å²) >= 11 is 0. The molecule has 2 N–H and O–H groups in total. The number of ether oxygens (including phenoxy) is 2. The Morgan fingerprint density at radius 2 is 1.76 bits per heavy atom. The van der Waals surface area contributed by atoms with Crippen molar-refractivity contribution in [2.45, 2.75) is 30.8 Å². The lowest BCUT2D eigenvalue weighted by Gasteiger charge is -2.23. The van der Waals surface area contributed by atoms with Crippen LogP contribution in [0.25, 0.3) is 0 Å². The molecule has 1 fully saturated rings. The van der Waals surface area contributed by atoms with Crippen molar-refractivity contribution in [3.05, 3.63) is 89.7 Å². The van der Waals surface area contributed by atoms with E-state index in [9.17, 15) is 22.4 Å². The molecular formula is C29H31FN4O6S. The third kappa shape index (κ3) is 8.60. The van der Waals surface area contributed by atoms with Gasteiger partial charge < -0.3 is 14.8 Å². The highest BCUT2D eigenvalue weighted by Crippen LogP contribution is 2.24. The number of halogens is 1. The molecule has 0 bridgehead atoms. The number of amides is 2. The summed E-state index contributed by atoms with van der Waals surface area (Å²) in [5, 5.41) is 6.71. The average Bonchev–Trinajstić information content (AvgIpc) is 3.49. The molecule has 0 aliphatic carbocycles. The van der Waals surface area contributed by atoms with Crippen LogP contribution < -0.4 is 19.8 Å². The minimum absolute atomic E-state index is 0.0582. The molecule has 12 heteroatoms. The Labute approximate surface area is 238 Å². The highest BCUT2D eigenvalue weighted by molar-refractivity contribution is 7.92. The Morgan fingerprint density at radius 3 is 2.41 bits per heavy atom. The first kappa shape index (κ1) is 29.7. The molecule has 216 valence electrons. The van der Waals surface area contributed by atoms with Crippen LogP contribution in [0, 0.1) is 12.7 Å². The molecular weight excluding hydrogens is 551 g/mol. The number of nitrogens with zero attached hydrogens (tertiary/aromatic N) is 2. The van der Waals surface area contributed by atoms with Crippen LogP contribution in [0.2, 0.25) is 0 Å². The predicted molar refractivity (Wildman–Crippen MR) is 152 cm³/mol. The van der Waals surface area contributed by atoms with Gasteiger partial charge in [-0.1, -0.05) is 17.7 Å². The molecule has 0 radical (unpaired) electrons. The van der Waals surface area contributed by atoms with Gasteiger partial charge in [-0.05, 0) is 86.0 Å². The number of rotatable bonds is 12. The van der Waals surface area contributed by atoms with Crippen molar-refractivity contribution < 1.29 is 31.9 Å². The van der Waals surface area contributed by atoms with Gasteiger partial charge in [0.15, 0.2) is 6.61 Å². The number of benzene rings is 3. The number of anilines is 1. The van der Waals surface area contributed by atoms with Crippen molar-refractivity contribution in [1.29, 1.82) is 0 Å². The van der Waals surface area contributed by atoms with Gasteiger partial charge in [-0.2, -0.15) is 5.10 Å². The fourth-order valence-corrected chi connectivity index (χ4v) is 5.41. The number of sulfonamides is 1. The van der Waals surface area contributed by atoms with Gasteiger partial charge in [0.05, 0.1) is 22.9 Å². The maximum atomic E-state index is 13.4. The summed E-state index contributed by atoms with van der Waals surface area (Å²) in [6, 6.07) is 17.7. The quantitative estimate of drug-likeness (QED) is 0.250. The molecule has 0 unspecified atom stereocenters. The third-order valence-corrected chi connectivity index (χ3v) is 8.00. The molecule has 1 saturated heterocycles. The smallest absolute Gasteiger partial charge is 0.264 e. The Morgan fingerprint density at radius 1 is 1.05 bits per heavy atom. The molecule has 10 nitrogen and oxygen atoms in total. The maximum Gasteiger partial charge on any atom is 0.264 e. The van der Waals surface area contributed by atoms with E-state index in [0.717, 1.165) is 53.6 Å². The molecule has 1 atom stereocenters. The van der Waals surface area contributed by atoms with Crippen LogP contribution in [0.3, 0.4) is 0 Å². The van der Waals surface area contributed by atoms with Crippen LogP contribution >= 0.6 is 0 Å². The molecule has 3 aromatic carbocycles. The van der Waals surface area contributed by atoms with E-state index >= 15 is 0 Å². The SMILES string of the molecule is Cc1ccc(N(CC(=O)N/N=C\c2ccc(OCC(=O)NC[C@@H]3CCCO3)cc2)S(=O)(=O)c2ccc(F)cc2)cc1. The Balaban J connectivity index is 1.32. The molecule has 1 aliphatic heterocycles. The monoisotopic (exact) mass is 582 g/mol. The van der Waals surface area contributed by atoms with Crippen molar-refractivity contribution in [3.8, 4) is 5.75 Å². The van der Waals surface area contributed by atoms with E-state index in [0.29, 0.717) is 17.9 Å². The standard InChI is InChI=1S/C29H31FN4O6S/c1-21-4-10-24(11-5-21)34(41(37,38)27-14-8-23(30)9-15-27)19-28(35)33-32-17-22-6-12-25(13-7-22)40-20-29(36)31-18-26-3-2-16-39-26/h4-15,17,26H,2-3,16,18-20H2,1H3,(H,31,36)(H,33,35)/b32-17-/t26-/m0/s1. The van der Waals surface area contributed by atoms with E-state index < -0.39 is 28.3 Å². The second kappa shape index (κ2) is 13.9. The molecule has 3 aromatic rings. The highest BCUT2D eigenvalue weighted by atomic mass is 32.2. The van der Waals surface area contributed by atoms with Gasteiger partial charge in [-0.3, -0.25) is 13.9 Å². The van der Waals surface area contributed by atoms with Gasteiger partial charge in [0.1, 0.15) is 18.1 Å². The third-order valence-electron chi connectivity index (χ3n) is 6.21. The minimum atomic E-state index is -4.18. The lowest BCUT2D eigenvalue weighted by atomic mass is 10.2. The lowest BCUT2D eigenvalue weighted by Crippen LogP contribution is -2.39. The highest BCUT2D eigenvalue weighted by Gasteiger charge is 2.27. The van der Waals surface area contributed by atoms with Gasteiger partial charge in [0.2, 0.25) is 0 Å². The summed E-state index contributed by atoms with van der Waals surface area (Å²) in [6.45, 7) is 2.36. The van der Waals surface area contributed by atoms with Gasteiger partial charge in [0.25, 0.3) is 21.8 Å². The first-order chi connectivity index (χ1) is 19.7. The van der Waals surface area contributed by atoms with Crippen molar-refractivity contribution in [2.75, 3.05) is 30.6 Å². The molecule has 0 aromatic heterocycles. The zero-order valence-electron chi connectivity index (χ0n) is 22.5. The van der Waals surface area contributed by atoms with E-state index in [4.69, 9.17) is 9.47 Å². The van der Waals surface area contributed by atoms with Gasteiger partial charge in [-0.15, -0.1) is 0 Å². The Hall–Kier alpha value is -4.29. The van der Waals surface area contributed by atoms with Crippen LogP contribution in [-0.4, -0.2) is 58.9 Å². The topological polar surface area (TPSA) is 126 Å². The number of hydrogen-bond acceptors (Lipinski definition) is 7. The molecule has 0 saturated carbocycles. The number of hydrazone groups is 1. The number of carbonyl (C=O) groups is 2. The molecule has 4 rings (SSSR count). The van der Waals surface area contributed by atoms with Crippen molar-refractivity contribution >= 4 is 33.7 Å². The second-order valence-corrected chi connectivity index (χ2v) is 11.3. The van der Waals surface area contributed by atoms with E-state index in [-0.39, 0.29) is 29.2 Å². The molecule has 1 heterocycles. The van der Waals surface area contributed by atoms with E-state index in [1.165, 1.54) is 6.21 Å². The first-order valence-corrected chi connectivity index (χ1v) is 14.4. The summed E-state index contributed by atoms with van der Waals surface area (Å²) in [4.78, 5) is 24.5. The van der Waals surface area contributed by atoms with E-state index in [1.54, 1.807) is 48.5 Å². The minimum Gasteiger partial charge on any atom is -0.484 e. The second-order valence-electron chi connectivity index (χ2n) is 9.39. The summed E-state index contributed by atoms with van der Waals surface area (Å²) in [5.74, 6) is -1.01. The number of carbonyl (C=O) groups excluding carboxylic acids is 2. The average molecular weight is 583 g/mol. The molecule has 1 aliphatic rings. The van der Waals surface area contributed by atoms with Crippen molar-refractivity contribution in [1.82, 2.24) is 10.7 Å². The van der Waals surface area contributed by atoms with Gasteiger partial charge in [-0.25, -0.2) is 18.2 Å². The summed E-state index contributed by atoms with van der Waals surface area (Å²) in [5.41, 5.74) is 4.16. The maximum absolute atomic E-state index is 13.4. The normalized spacial score (nSPS) is 15.0. The van der Waals surface area contributed by atoms with Gasteiger partial charge in [0, 0.05) is 13.2 Å². The van der Waals surface area contributed by atoms with Crippen LogP contribution in [0.5, 0.6) is 5.75 Å². The Kier molecular flexibility index (Phi) is 10.0. The largest absolute Gasteiger partial charge is 0.484 e. The number of aryl methyl sites for hydroxylation is 1. The van der Waals surface area contributed by atoms with Crippen LogP contribution in [0.15, 0.2) is 82.8 Å². The van der Waals surface area contributed by atoms with Crippen LogP contribution in [0.1, 0.15) is 24.0 Å². The summed E-state index contributed by atoms with van der Waals surface area (Å²) in [7, 11) is -4.18. The zero-order chi connectivity index (χ0) is 29.2. The van der Waals surface area contributed by atoms with Crippen molar-refractivity contribution in [2.24, 2.45) is 5.10 Å². The van der Waals surface area contributed by atoms with Crippen LogP contribution in [-0.2, 0) is 24.3 Å².